The first kappa shape index (κ1) is 16.5. The summed E-state index contributed by atoms with van der Waals surface area (Å²) in [5.41, 5.74) is 4.02. The number of rotatable bonds is 4. The van der Waals surface area contributed by atoms with Crippen LogP contribution in [0.15, 0.2) is 41.3 Å². The van der Waals surface area contributed by atoms with Crippen molar-refractivity contribution < 1.29 is 4.74 Å². The van der Waals surface area contributed by atoms with E-state index in [1.807, 2.05) is 11.8 Å². The molecular formula is C21H25N3OS. The molecule has 2 fully saturated rings. The lowest BCUT2D eigenvalue weighted by Crippen LogP contribution is -2.45. The molecule has 1 aromatic heterocycles. The van der Waals surface area contributed by atoms with Crippen LogP contribution in [0.2, 0.25) is 0 Å². The highest BCUT2D eigenvalue weighted by atomic mass is 32.2. The molecule has 136 valence electrons. The summed E-state index contributed by atoms with van der Waals surface area (Å²) in [6.45, 7) is 3.88. The number of thioether (sulfide) groups is 1. The van der Waals surface area contributed by atoms with Crippen LogP contribution >= 0.6 is 11.8 Å². The molecule has 0 aliphatic carbocycles. The molecule has 1 aromatic carbocycles. The number of nitrogens with one attached hydrogen (secondary N) is 1. The van der Waals surface area contributed by atoms with Crippen LogP contribution in [0.25, 0.3) is 0 Å². The predicted molar refractivity (Wildman–Crippen MR) is 108 cm³/mol. The third-order valence-corrected chi connectivity index (χ3v) is 6.82. The molecule has 0 spiro atoms. The van der Waals surface area contributed by atoms with Gasteiger partial charge in [0.05, 0.1) is 16.3 Å². The van der Waals surface area contributed by atoms with Crippen molar-refractivity contribution in [1.29, 1.82) is 0 Å². The summed E-state index contributed by atoms with van der Waals surface area (Å²) >= 11 is 1.95. The number of pyridine rings is 1. The molecule has 1 N–H and O–H groups in total. The maximum Gasteiger partial charge on any atom is 0.131 e. The van der Waals surface area contributed by atoms with Crippen molar-refractivity contribution in [2.45, 2.75) is 36.1 Å². The Morgan fingerprint density at radius 1 is 1.12 bits per heavy atom. The van der Waals surface area contributed by atoms with Gasteiger partial charge in [-0.25, -0.2) is 4.98 Å². The minimum atomic E-state index is 0.526. The summed E-state index contributed by atoms with van der Waals surface area (Å²) in [5.74, 6) is 2.93. The van der Waals surface area contributed by atoms with Gasteiger partial charge in [0.25, 0.3) is 0 Å². The van der Waals surface area contributed by atoms with Gasteiger partial charge in [-0.3, -0.25) is 0 Å². The van der Waals surface area contributed by atoms with Gasteiger partial charge in [-0.1, -0.05) is 30.3 Å². The van der Waals surface area contributed by atoms with Crippen molar-refractivity contribution in [2.75, 3.05) is 42.3 Å². The molecule has 3 aliphatic heterocycles. The largest absolute Gasteiger partial charge is 0.381 e. The van der Waals surface area contributed by atoms with E-state index in [-0.39, 0.29) is 0 Å². The van der Waals surface area contributed by atoms with Crippen molar-refractivity contribution in [1.82, 2.24) is 4.98 Å². The average Bonchev–Trinajstić information content (AvgIpc) is 3.11. The van der Waals surface area contributed by atoms with E-state index in [2.05, 4.69) is 46.6 Å². The van der Waals surface area contributed by atoms with Crippen molar-refractivity contribution in [3.05, 3.63) is 47.7 Å². The summed E-state index contributed by atoms with van der Waals surface area (Å²) in [4.78, 5) is 8.80. The predicted octanol–water partition coefficient (Wildman–Crippen LogP) is 3.92. The fourth-order valence-electron chi connectivity index (χ4n) is 4.08. The van der Waals surface area contributed by atoms with Gasteiger partial charge in [0.1, 0.15) is 5.82 Å². The van der Waals surface area contributed by atoms with Crippen molar-refractivity contribution in [3.63, 3.8) is 0 Å². The van der Waals surface area contributed by atoms with Crippen molar-refractivity contribution >= 4 is 23.3 Å². The normalized spacial score (nSPS) is 20.7. The van der Waals surface area contributed by atoms with Gasteiger partial charge in [-0.05, 0) is 18.4 Å². The van der Waals surface area contributed by atoms with E-state index in [0.29, 0.717) is 12.0 Å². The van der Waals surface area contributed by atoms with E-state index >= 15 is 0 Å². The van der Waals surface area contributed by atoms with Gasteiger partial charge in [0.15, 0.2) is 0 Å². The SMILES string of the molecule is c1ccc(C2CN(c3cc(NC4CCOCC4)c4c(n3)CCS4)C2)cc1. The molecule has 2 saturated heterocycles. The summed E-state index contributed by atoms with van der Waals surface area (Å²) in [7, 11) is 0. The highest BCUT2D eigenvalue weighted by Gasteiger charge is 2.31. The molecule has 26 heavy (non-hydrogen) atoms. The van der Waals surface area contributed by atoms with Crippen LogP contribution in [-0.4, -0.2) is 43.1 Å². The number of benzene rings is 1. The molecule has 4 nitrogen and oxygen atoms in total. The van der Waals surface area contributed by atoms with Crippen molar-refractivity contribution in [3.8, 4) is 0 Å². The van der Waals surface area contributed by atoms with Gasteiger partial charge in [-0.2, -0.15) is 0 Å². The zero-order chi connectivity index (χ0) is 17.3. The highest BCUT2D eigenvalue weighted by Crippen LogP contribution is 2.41. The van der Waals surface area contributed by atoms with E-state index < -0.39 is 0 Å². The highest BCUT2D eigenvalue weighted by molar-refractivity contribution is 7.99. The zero-order valence-corrected chi connectivity index (χ0v) is 15.8. The molecular weight excluding hydrogens is 342 g/mol. The minimum absolute atomic E-state index is 0.526. The molecule has 5 heteroatoms. The number of hydrogen-bond donors (Lipinski definition) is 1. The minimum Gasteiger partial charge on any atom is -0.381 e. The van der Waals surface area contributed by atoms with E-state index in [1.165, 1.54) is 21.8 Å². The second kappa shape index (κ2) is 7.12. The third-order valence-electron chi connectivity index (χ3n) is 5.67. The molecule has 0 radical (unpaired) electrons. The second-order valence-corrected chi connectivity index (χ2v) is 8.55. The Labute approximate surface area is 159 Å². The van der Waals surface area contributed by atoms with E-state index in [0.717, 1.165) is 57.1 Å². The number of fused-ring (bicyclic) bond motifs is 1. The number of ether oxygens (including phenoxy) is 1. The van der Waals surface area contributed by atoms with Crippen LogP contribution in [0.4, 0.5) is 11.5 Å². The molecule has 3 aliphatic rings. The smallest absolute Gasteiger partial charge is 0.131 e. The summed E-state index contributed by atoms with van der Waals surface area (Å²) in [5, 5.41) is 3.80. The number of nitrogens with zero attached hydrogens (tertiary/aromatic N) is 2. The molecule has 0 unspecified atom stereocenters. The van der Waals surface area contributed by atoms with Crippen LogP contribution < -0.4 is 10.2 Å². The third kappa shape index (κ3) is 3.19. The van der Waals surface area contributed by atoms with Gasteiger partial charge in [-0.15, -0.1) is 11.8 Å². The molecule has 0 saturated carbocycles. The molecule has 0 atom stereocenters. The number of hydrogen-bond acceptors (Lipinski definition) is 5. The average molecular weight is 368 g/mol. The van der Waals surface area contributed by atoms with E-state index in [1.54, 1.807) is 0 Å². The standard InChI is InChI=1S/C21H25N3OS/c1-2-4-15(5-3-1)16-13-24(14-16)20-12-19(21-18(23-20)8-11-26-21)22-17-6-9-25-10-7-17/h1-5,12,16-17H,6-11,13-14H2,(H,22,23). The van der Waals surface area contributed by atoms with Gasteiger partial charge in [0, 0.05) is 56.5 Å². The summed E-state index contributed by atoms with van der Waals surface area (Å²) < 4.78 is 5.51. The lowest BCUT2D eigenvalue weighted by atomic mass is 9.91. The van der Waals surface area contributed by atoms with Crippen LogP contribution in [0.5, 0.6) is 0 Å². The van der Waals surface area contributed by atoms with Crippen LogP contribution in [0.3, 0.4) is 0 Å². The topological polar surface area (TPSA) is 37.4 Å². The molecule has 2 aromatic rings. The fraction of sp³-hybridized carbons (Fsp3) is 0.476. The first-order valence-corrected chi connectivity index (χ1v) is 10.7. The number of anilines is 2. The molecule has 4 heterocycles. The Bertz CT molecular complexity index is 770. The number of aromatic nitrogens is 1. The Hall–Kier alpha value is -1.72. The maximum atomic E-state index is 5.51. The van der Waals surface area contributed by atoms with Crippen LogP contribution in [-0.2, 0) is 11.2 Å². The quantitative estimate of drug-likeness (QED) is 0.886. The second-order valence-electron chi connectivity index (χ2n) is 7.45. The Kier molecular flexibility index (Phi) is 4.51. The molecule has 5 rings (SSSR count). The fourth-order valence-corrected chi connectivity index (χ4v) is 5.17. The monoisotopic (exact) mass is 367 g/mol. The summed E-state index contributed by atoms with van der Waals surface area (Å²) in [6.07, 6.45) is 3.28. The maximum absolute atomic E-state index is 5.51. The lowest BCUT2D eigenvalue weighted by molar-refractivity contribution is 0.0904. The number of aryl methyl sites for hydroxylation is 1. The van der Waals surface area contributed by atoms with E-state index in [9.17, 15) is 0 Å². The first-order valence-electron chi connectivity index (χ1n) is 9.68. The van der Waals surface area contributed by atoms with Crippen LogP contribution in [0.1, 0.15) is 30.0 Å². The first-order chi connectivity index (χ1) is 12.9. The Morgan fingerprint density at radius 3 is 2.73 bits per heavy atom. The van der Waals surface area contributed by atoms with Gasteiger partial charge < -0.3 is 15.0 Å². The van der Waals surface area contributed by atoms with Crippen LogP contribution in [0, 0.1) is 0 Å². The Balaban J connectivity index is 1.34. The zero-order valence-electron chi connectivity index (χ0n) is 15.0. The van der Waals surface area contributed by atoms with E-state index in [4.69, 9.17) is 9.72 Å². The molecule has 0 bridgehead atoms. The van der Waals surface area contributed by atoms with Gasteiger partial charge in [0.2, 0.25) is 0 Å². The van der Waals surface area contributed by atoms with Gasteiger partial charge >= 0.3 is 0 Å². The lowest BCUT2D eigenvalue weighted by Gasteiger charge is -2.41. The molecule has 0 amide bonds. The van der Waals surface area contributed by atoms with Crippen molar-refractivity contribution in [2.24, 2.45) is 0 Å². The Morgan fingerprint density at radius 2 is 1.92 bits per heavy atom. The summed E-state index contributed by atoms with van der Waals surface area (Å²) in [6, 6.07) is 13.7.